The number of benzene rings is 1. The summed E-state index contributed by atoms with van der Waals surface area (Å²) in [6, 6.07) is 7.81. The fourth-order valence-electron chi connectivity index (χ4n) is 2.19. The van der Waals surface area contributed by atoms with Crippen molar-refractivity contribution in [2.24, 2.45) is 5.73 Å². The quantitative estimate of drug-likeness (QED) is 0.789. The monoisotopic (exact) mass is 232 g/mol. The number of nitrogens with one attached hydrogen (secondary N) is 1. The van der Waals surface area contributed by atoms with Gasteiger partial charge in [-0.05, 0) is 42.9 Å². The van der Waals surface area contributed by atoms with Crippen molar-refractivity contribution in [3.05, 3.63) is 35.4 Å². The van der Waals surface area contributed by atoms with Gasteiger partial charge < -0.3 is 11.1 Å². The number of rotatable bonds is 6. The number of carbonyl (C=O) groups excluding carboxylic acids is 1. The average Bonchev–Trinajstić information content (AvgIpc) is 3.14. The molecule has 1 atom stereocenters. The Balaban J connectivity index is 2.24. The third-order valence-electron chi connectivity index (χ3n) is 3.21. The molecule has 1 aromatic rings. The van der Waals surface area contributed by atoms with Gasteiger partial charge in [0, 0.05) is 0 Å². The summed E-state index contributed by atoms with van der Waals surface area (Å²) in [5.74, 6) is 0.350. The van der Waals surface area contributed by atoms with Gasteiger partial charge in [0.1, 0.15) is 6.04 Å². The van der Waals surface area contributed by atoms with E-state index in [9.17, 15) is 4.79 Å². The first-order valence-electron chi connectivity index (χ1n) is 6.35. The Morgan fingerprint density at radius 1 is 1.47 bits per heavy atom. The minimum atomic E-state index is -0.341. The van der Waals surface area contributed by atoms with E-state index in [0.29, 0.717) is 5.92 Å². The van der Waals surface area contributed by atoms with Gasteiger partial charge in [0.25, 0.3) is 0 Å². The van der Waals surface area contributed by atoms with E-state index >= 15 is 0 Å². The van der Waals surface area contributed by atoms with Gasteiger partial charge in [0.15, 0.2) is 0 Å². The van der Waals surface area contributed by atoms with Crippen LogP contribution in [-0.4, -0.2) is 12.5 Å². The lowest BCUT2D eigenvalue weighted by Crippen LogP contribution is -2.34. The highest BCUT2D eigenvalue weighted by Gasteiger charge is 2.29. The molecule has 1 aliphatic rings. The lowest BCUT2D eigenvalue weighted by atomic mass is 9.96. The summed E-state index contributed by atoms with van der Waals surface area (Å²) < 4.78 is 0. The van der Waals surface area contributed by atoms with E-state index in [0.717, 1.165) is 18.5 Å². The third kappa shape index (κ3) is 2.86. The van der Waals surface area contributed by atoms with Gasteiger partial charge in [-0.3, -0.25) is 4.79 Å². The van der Waals surface area contributed by atoms with Crippen molar-refractivity contribution in [2.45, 2.75) is 38.1 Å². The second kappa shape index (κ2) is 5.32. The molecule has 92 valence electrons. The van der Waals surface area contributed by atoms with Crippen molar-refractivity contribution in [3.63, 3.8) is 0 Å². The van der Waals surface area contributed by atoms with Gasteiger partial charge in [-0.15, -0.1) is 0 Å². The second-order valence-corrected chi connectivity index (χ2v) is 4.69. The molecule has 1 amide bonds. The molecule has 3 heteroatoms. The molecule has 0 radical (unpaired) electrons. The molecule has 1 aromatic carbocycles. The molecule has 1 aliphatic carbocycles. The molecule has 0 aromatic heterocycles. The number of hydrogen-bond acceptors (Lipinski definition) is 2. The highest BCUT2D eigenvalue weighted by molar-refractivity contribution is 5.82. The van der Waals surface area contributed by atoms with E-state index in [4.69, 9.17) is 5.73 Å². The highest BCUT2D eigenvalue weighted by atomic mass is 16.1. The van der Waals surface area contributed by atoms with Crippen LogP contribution >= 0.6 is 0 Å². The van der Waals surface area contributed by atoms with Crippen molar-refractivity contribution in [3.8, 4) is 0 Å². The molecule has 3 nitrogen and oxygen atoms in total. The standard InChI is InChI=1S/C14H20N2O/c1-2-9-16-13(14(15)17)12-6-4-3-5-11(12)10-7-8-10/h3-6,10,13,16H,2,7-9H2,1H3,(H2,15,17). The first kappa shape index (κ1) is 12.1. The number of primary amides is 1. The molecular weight excluding hydrogens is 212 g/mol. The third-order valence-corrected chi connectivity index (χ3v) is 3.21. The van der Waals surface area contributed by atoms with E-state index in [1.54, 1.807) is 0 Å². The molecule has 0 saturated heterocycles. The van der Waals surface area contributed by atoms with E-state index < -0.39 is 0 Å². The fraction of sp³-hybridized carbons (Fsp3) is 0.500. The average molecular weight is 232 g/mol. The van der Waals surface area contributed by atoms with Crippen LogP contribution in [0.1, 0.15) is 49.3 Å². The van der Waals surface area contributed by atoms with Crippen LogP contribution in [0.3, 0.4) is 0 Å². The van der Waals surface area contributed by atoms with E-state index in [1.165, 1.54) is 18.4 Å². The molecule has 17 heavy (non-hydrogen) atoms. The predicted molar refractivity (Wildman–Crippen MR) is 68.6 cm³/mol. The number of nitrogens with two attached hydrogens (primary N) is 1. The summed E-state index contributed by atoms with van der Waals surface area (Å²) in [5, 5.41) is 3.23. The van der Waals surface area contributed by atoms with E-state index in [2.05, 4.69) is 18.3 Å². The number of amides is 1. The van der Waals surface area contributed by atoms with Crippen molar-refractivity contribution in [2.75, 3.05) is 6.54 Å². The zero-order valence-electron chi connectivity index (χ0n) is 10.3. The topological polar surface area (TPSA) is 55.1 Å². The fourth-order valence-corrected chi connectivity index (χ4v) is 2.19. The van der Waals surface area contributed by atoms with Crippen molar-refractivity contribution >= 4 is 5.91 Å². The molecule has 0 bridgehead atoms. The van der Waals surface area contributed by atoms with Gasteiger partial charge in [-0.25, -0.2) is 0 Å². The van der Waals surface area contributed by atoms with Crippen LogP contribution in [0.15, 0.2) is 24.3 Å². The van der Waals surface area contributed by atoms with Gasteiger partial charge in [0.05, 0.1) is 0 Å². The summed E-state index contributed by atoms with van der Waals surface area (Å²) in [6.45, 7) is 2.89. The molecule has 0 aliphatic heterocycles. The Morgan fingerprint density at radius 2 is 2.18 bits per heavy atom. The summed E-state index contributed by atoms with van der Waals surface area (Å²) in [4.78, 5) is 11.6. The van der Waals surface area contributed by atoms with Crippen molar-refractivity contribution in [1.82, 2.24) is 5.32 Å². The molecule has 2 rings (SSSR count). The van der Waals surface area contributed by atoms with Crippen LogP contribution in [0.4, 0.5) is 0 Å². The van der Waals surface area contributed by atoms with Crippen LogP contribution in [0, 0.1) is 0 Å². The maximum absolute atomic E-state index is 11.6. The number of carbonyl (C=O) groups is 1. The lowest BCUT2D eigenvalue weighted by molar-refractivity contribution is -0.120. The lowest BCUT2D eigenvalue weighted by Gasteiger charge is -2.18. The Kier molecular flexibility index (Phi) is 3.79. The van der Waals surface area contributed by atoms with Crippen molar-refractivity contribution in [1.29, 1.82) is 0 Å². The first-order chi connectivity index (χ1) is 8.24. The predicted octanol–water partition coefficient (Wildman–Crippen LogP) is 2.09. The zero-order chi connectivity index (χ0) is 12.3. The largest absolute Gasteiger partial charge is 0.368 e. The maximum Gasteiger partial charge on any atom is 0.239 e. The van der Waals surface area contributed by atoms with Gasteiger partial charge >= 0.3 is 0 Å². The smallest absolute Gasteiger partial charge is 0.239 e. The van der Waals surface area contributed by atoms with Crippen LogP contribution in [-0.2, 0) is 4.79 Å². The summed E-state index contributed by atoms with van der Waals surface area (Å²) in [5.41, 5.74) is 7.85. The molecule has 1 saturated carbocycles. The van der Waals surface area contributed by atoms with Crippen molar-refractivity contribution < 1.29 is 4.79 Å². The summed E-state index contributed by atoms with van der Waals surface area (Å²) in [7, 11) is 0. The Morgan fingerprint density at radius 3 is 2.76 bits per heavy atom. The molecule has 0 heterocycles. The van der Waals surface area contributed by atoms with E-state index in [1.807, 2.05) is 18.2 Å². The normalized spacial score (nSPS) is 16.8. The molecule has 3 N–H and O–H groups in total. The minimum absolute atomic E-state index is 0.286. The van der Waals surface area contributed by atoms with Crippen LogP contribution in [0.25, 0.3) is 0 Å². The first-order valence-corrected chi connectivity index (χ1v) is 6.35. The minimum Gasteiger partial charge on any atom is -0.368 e. The van der Waals surface area contributed by atoms with Gasteiger partial charge in [-0.1, -0.05) is 31.2 Å². The summed E-state index contributed by atoms with van der Waals surface area (Å²) >= 11 is 0. The van der Waals surface area contributed by atoms with Crippen LogP contribution in [0.5, 0.6) is 0 Å². The second-order valence-electron chi connectivity index (χ2n) is 4.69. The SMILES string of the molecule is CCCNC(C(N)=O)c1ccccc1C1CC1. The van der Waals surface area contributed by atoms with Gasteiger partial charge in [0.2, 0.25) is 5.91 Å². The maximum atomic E-state index is 11.6. The van der Waals surface area contributed by atoms with E-state index in [-0.39, 0.29) is 11.9 Å². The number of hydrogen-bond donors (Lipinski definition) is 2. The van der Waals surface area contributed by atoms with Crippen LogP contribution in [0.2, 0.25) is 0 Å². The molecule has 0 spiro atoms. The van der Waals surface area contributed by atoms with Gasteiger partial charge in [-0.2, -0.15) is 0 Å². The molecule has 1 fully saturated rings. The molecular formula is C14H20N2O. The summed E-state index contributed by atoms with van der Waals surface area (Å²) in [6.07, 6.45) is 3.46. The molecule has 1 unspecified atom stereocenters. The Hall–Kier alpha value is -1.35. The Labute approximate surface area is 102 Å². The highest BCUT2D eigenvalue weighted by Crippen LogP contribution is 2.42. The zero-order valence-corrected chi connectivity index (χ0v) is 10.3. The van der Waals surface area contributed by atoms with Crippen LogP contribution < -0.4 is 11.1 Å². The Bertz CT molecular complexity index is 399.